The first-order valence-electron chi connectivity index (χ1n) is 25.2. The Hall–Kier alpha value is -9.04. The Labute approximate surface area is 443 Å². The summed E-state index contributed by atoms with van der Waals surface area (Å²) in [6, 6.07) is 5.89. The first kappa shape index (κ1) is 58.8. The predicted molar refractivity (Wildman–Crippen MR) is 281 cm³/mol. The van der Waals surface area contributed by atoms with Gasteiger partial charge in [-0.1, -0.05) is 48.5 Å². The highest BCUT2D eigenvalue weighted by atomic mass is 16.4. The van der Waals surface area contributed by atoms with Gasteiger partial charge in [-0.15, -0.1) is 0 Å². The predicted octanol–water partition coefficient (Wildman–Crippen LogP) is -2.37. The number of hydrogen-bond acceptors (Lipinski definition) is 12. The van der Waals surface area contributed by atoms with Crippen LogP contribution in [0.5, 0.6) is 0 Å². The molecule has 0 radical (unpaired) electrons. The maximum absolute atomic E-state index is 14.7. The summed E-state index contributed by atoms with van der Waals surface area (Å²) in [6.45, 7) is 1.39. The van der Waals surface area contributed by atoms with E-state index in [4.69, 9.17) is 22.3 Å². The lowest BCUT2D eigenvalue weighted by atomic mass is 10.0. The molecule has 8 amide bonds. The molecule has 1 aliphatic rings. The molecule has 4 aromatic rings. The Balaban J connectivity index is 1.54. The molecule has 0 saturated carbocycles. The number of guanidine groups is 2. The third-order valence-electron chi connectivity index (χ3n) is 12.4. The Morgan fingerprint density at radius 3 is 2.01 bits per heavy atom. The SMILES string of the molecule is CC(=O)N[C@H](CCCNC(=N)N)C(=O)N[C@H]1CCC(=O)NCCCC(C(=O)O)NC(=O)[C@H](Cc2c[nH]c3ccccc23)NC(=O)[C@H](CCCNC(=N)N)NC(=O)C(Cc2ccccc2)NC(=O)C(Cc2c[nH]cn2)NC1=O. The van der Waals surface area contributed by atoms with Gasteiger partial charge in [-0.2, -0.15) is 0 Å². The van der Waals surface area contributed by atoms with Gasteiger partial charge in [-0.3, -0.25) is 49.2 Å². The molecule has 1 aliphatic heterocycles. The zero-order valence-electron chi connectivity index (χ0n) is 42.6. The van der Waals surface area contributed by atoms with Crippen molar-refractivity contribution < 1.29 is 48.3 Å². The monoisotopic (exact) mass is 1070 g/mol. The van der Waals surface area contributed by atoms with E-state index in [0.717, 1.165) is 10.9 Å². The van der Waals surface area contributed by atoms with Crippen LogP contribution >= 0.6 is 0 Å². The van der Waals surface area contributed by atoms with Crippen LogP contribution < -0.4 is 64.6 Å². The molecule has 19 N–H and O–H groups in total. The number of nitrogens with zero attached hydrogens (tertiary/aromatic N) is 1. The molecular weight excluding hydrogens is 999 g/mol. The van der Waals surface area contributed by atoms with Crippen molar-refractivity contribution >= 4 is 76.0 Å². The van der Waals surface area contributed by atoms with Gasteiger partial charge in [0.05, 0.1) is 12.0 Å². The second kappa shape index (κ2) is 29.7. The second-order valence-electron chi connectivity index (χ2n) is 18.5. The Bertz CT molecular complexity index is 2700. The minimum absolute atomic E-state index is 0.0376. The number of carbonyl (C=O) groups excluding carboxylic acids is 8. The molecule has 27 nitrogen and oxygen atoms in total. The number of rotatable bonds is 18. The Kier molecular flexibility index (Phi) is 22.7. The van der Waals surface area contributed by atoms with Gasteiger partial charge in [-0.05, 0) is 62.1 Å². The summed E-state index contributed by atoms with van der Waals surface area (Å²) >= 11 is 0. The van der Waals surface area contributed by atoms with Crippen molar-refractivity contribution in [2.75, 3.05) is 19.6 Å². The number of aromatic amines is 2. The van der Waals surface area contributed by atoms with Crippen molar-refractivity contribution in [1.29, 1.82) is 10.8 Å². The number of carboxylic acid groups (broad SMARTS) is 1. The van der Waals surface area contributed by atoms with Crippen LogP contribution in [0, 0.1) is 10.8 Å². The topological polar surface area (TPSA) is 438 Å². The minimum Gasteiger partial charge on any atom is -0.480 e. The zero-order chi connectivity index (χ0) is 55.9. The molecule has 2 aromatic heterocycles. The van der Waals surface area contributed by atoms with E-state index in [9.17, 15) is 48.3 Å². The molecular formula is C50H69N17O10. The second-order valence-corrected chi connectivity index (χ2v) is 18.5. The van der Waals surface area contributed by atoms with Gasteiger partial charge in [0, 0.05) is 75.5 Å². The first-order chi connectivity index (χ1) is 36.9. The van der Waals surface area contributed by atoms with E-state index in [2.05, 4.69) is 68.1 Å². The molecule has 1 saturated heterocycles. The van der Waals surface area contributed by atoms with Gasteiger partial charge < -0.3 is 79.7 Å². The molecule has 77 heavy (non-hydrogen) atoms. The van der Waals surface area contributed by atoms with E-state index < -0.39 is 95.5 Å². The highest BCUT2D eigenvalue weighted by Gasteiger charge is 2.35. The van der Waals surface area contributed by atoms with Crippen LogP contribution in [0.1, 0.15) is 75.1 Å². The first-order valence-corrected chi connectivity index (χ1v) is 25.2. The number of nitrogens with two attached hydrogens (primary N) is 2. The number of H-pyrrole nitrogens is 2. The van der Waals surface area contributed by atoms with E-state index in [1.807, 2.05) is 18.2 Å². The maximum Gasteiger partial charge on any atom is 0.326 e. The van der Waals surface area contributed by atoms with Crippen molar-refractivity contribution in [3.8, 4) is 0 Å². The van der Waals surface area contributed by atoms with E-state index >= 15 is 0 Å². The summed E-state index contributed by atoms with van der Waals surface area (Å²) in [5, 5.41) is 52.5. The molecule has 3 heterocycles. The quantitative estimate of drug-likeness (QED) is 0.0282. The number of para-hydroxylation sites is 1. The summed E-state index contributed by atoms with van der Waals surface area (Å²) in [5.74, 6) is -8.41. The van der Waals surface area contributed by atoms with Gasteiger partial charge in [0.25, 0.3) is 0 Å². The van der Waals surface area contributed by atoms with E-state index in [-0.39, 0.29) is 102 Å². The number of amides is 8. The maximum atomic E-state index is 14.7. The van der Waals surface area contributed by atoms with E-state index in [0.29, 0.717) is 16.8 Å². The smallest absolute Gasteiger partial charge is 0.326 e. The minimum atomic E-state index is -1.51. The van der Waals surface area contributed by atoms with E-state index in [1.165, 1.54) is 19.4 Å². The van der Waals surface area contributed by atoms with Crippen LogP contribution in [-0.2, 0) is 62.4 Å². The molecule has 0 aliphatic carbocycles. The largest absolute Gasteiger partial charge is 0.480 e. The average molecular weight is 1070 g/mol. The summed E-state index contributed by atoms with van der Waals surface area (Å²) < 4.78 is 0. The van der Waals surface area contributed by atoms with Gasteiger partial charge in [0.2, 0.25) is 47.3 Å². The lowest BCUT2D eigenvalue weighted by molar-refractivity contribution is -0.142. The molecule has 0 bridgehead atoms. The zero-order valence-corrected chi connectivity index (χ0v) is 42.6. The Morgan fingerprint density at radius 1 is 0.740 bits per heavy atom. The number of carbonyl (C=O) groups is 9. The molecule has 7 atom stereocenters. The normalized spacial score (nSPS) is 20.8. The van der Waals surface area contributed by atoms with Crippen molar-refractivity contribution in [3.05, 3.63) is 90.1 Å². The standard InChI is InChI=1S/C50H69N17O10/c1-28(68)61-34(14-7-20-57-49(51)52)42(70)63-36-17-18-41(69)56-19-9-16-37(48(76)77)64-46(74)39(23-30-25-59-33-13-6-5-12-32(30)33)66-43(71)35(15-8-21-58-50(53)54)62-45(73)38(22-29-10-3-2-4-11-29)65-47(75)40(67-44(36)72)24-31-26-55-27-60-31/h2-6,10-13,25-27,34-40,59H,7-9,14-24H2,1H3,(H,55,60)(H,56,69)(H,61,68)(H,62,73)(H,63,70)(H,64,74)(H,65,75)(H,66,71)(H,67,72)(H,76,77)(H4,51,52,57)(H4,53,54,58)/t34-,35+,36+,37?,38?,39+,40?/m1/s1. The van der Waals surface area contributed by atoms with Crippen LogP contribution in [-0.4, -0.2) is 147 Å². The fraction of sp³-hybridized carbons (Fsp3) is 0.440. The number of hydrogen-bond donors (Lipinski definition) is 17. The van der Waals surface area contributed by atoms with Crippen LogP contribution in [0.2, 0.25) is 0 Å². The average Bonchev–Trinajstić information content (AvgIpc) is 4.06. The molecule has 5 rings (SSSR count). The van der Waals surface area contributed by atoms with Crippen molar-refractivity contribution in [2.24, 2.45) is 11.5 Å². The number of fused-ring (bicyclic) bond motifs is 1. The summed E-state index contributed by atoms with van der Waals surface area (Å²) in [6.07, 6.45) is 3.50. The number of aromatic nitrogens is 3. The highest BCUT2D eigenvalue weighted by Crippen LogP contribution is 2.20. The van der Waals surface area contributed by atoms with Crippen LogP contribution in [0.25, 0.3) is 10.9 Å². The third-order valence-corrected chi connectivity index (χ3v) is 12.4. The highest BCUT2D eigenvalue weighted by molar-refractivity contribution is 5.98. The summed E-state index contributed by atoms with van der Waals surface area (Å²) in [5.41, 5.74) is 13.1. The van der Waals surface area contributed by atoms with Gasteiger partial charge in [-0.25, -0.2) is 9.78 Å². The van der Waals surface area contributed by atoms with Gasteiger partial charge in [0.15, 0.2) is 11.9 Å². The number of nitrogens with one attached hydrogen (secondary N) is 14. The molecule has 414 valence electrons. The molecule has 0 spiro atoms. The number of imidazole rings is 1. The van der Waals surface area contributed by atoms with Gasteiger partial charge >= 0.3 is 5.97 Å². The number of benzene rings is 2. The van der Waals surface area contributed by atoms with Gasteiger partial charge in [0.1, 0.15) is 42.3 Å². The van der Waals surface area contributed by atoms with Crippen LogP contribution in [0.3, 0.4) is 0 Å². The number of carboxylic acids is 1. The third kappa shape index (κ3) is 19.6. The number of aliphatic carboxylic acids is 1. The lowest BCUT2D eigenvalue weighted by Gasteiger charge is -2.28. The molecule has 2 aromatic carbocycles. The Morgan fingerprint density at radius 2 is 1.35 bits per heavy atom. The summed E-state index contributed by atoms with van der Waals surface area (Å²) in [4.78, 5) is 135. The van der Waals surface area contributed by atoms with Crippen molar-refractivity contribution in [1.82, 2.24) is 68.1 Å². The van der Waals surface area contributed by atoms with Crippen LogP contribution in [0.4, 0.5) is 0 Å². The van der Waals surface area contributed by atoms with Crippen LogP contribution in [0.15, 0.2) is 73.3 Å². The fourth-order valence-electron chi connectivity index (χ4n) is 8.51. The molecule has 27 heteroatoms. The molecule has 3 unspecified atom stereocenters. The van der Waals surface area contributed by atoms with E-state index in [1.54, 1.807) is 42.6 Å². The summed E-state index contributed by atoms with van der Waals surface area (Å²) in [7, 11) is 0. The van der Waals surface area contributed by atoms with Crippen molar-refractivity contribution in [3.63, 3.8) is 0 Å². The fourth-order valence-corrected chi connectivity index (χ4v) is 8.51. The van der Waals surface area contributed by atoms with Crippen molar-refractivity contribution in [2.45, 2.75) is 120 Å². The molecule has 1 fully saturated rings. The lowest BCUT2D eigenvalue weighted by Crippen LogP contribution is -2.60.